The fourth-order valence-corrected chi connectivity index (χ4v) is 3.57. The van der Waals surface area contributed by atoms with E-state index in [-0.39, 0.29) is 10.7 Å². The Morgan fingerprint density at radius 1 is 1.04 bits per heavy atom. The summed E-state index contributed by atoms with van der Waals surface area (Å²) in [6, 6.07) is 8.15. The minimum absolute atomic E-state index is 0.0180. The molecule has 0 saturated carbocycles. The molecular weight excluding hydrogens is 336 g/mol. The van der Waals surface area contributed by atoms with E-state index >= 15 is 0 Å². The van der Waals surface area contributed by atoms with Crippen LogP contribution in [0, 0.1) is 11.6 Å². The third kappa shape index (κ3) is 3.52. The minimum atomic E-state index is -3.85. The van der Waals surface area contributed by atoms with Gasteiger partial charge in [-0.1, -0.05) is 18.2 Å². The number of carbonyl (C=O) groups is 1. The van der Waals surface area contributed by atoms with Gasteiger partial charge >= 0.3 is 0 Å². The molecule has 1 unspecified atom stereocenters. The maximum atomic E-state index is 13.4. The van der Waals surface area contributed by atoms with Crippen molar-refractivity contribution in [2.45, 2.75) is 24.8 Å². The molecule has 2 rings (SSSR count). The van der Waals surface area contributed by atoms with E-state index in [1.807, 2.05) is 0 Å². The minimum Gasteiger partial charge on any atom is -0.295 e. The van der Waals surface area contributed by atoms with Gasteiger partial charge in [-0.15, -0.1) is 0 Å². The molecule has 1 atom stereocenters. The molecule has 0 N–H and O–H groups in total. The van der Waals surface area contributed by atoms with Crippen LogP contribution in [0.25, 0.3) is 0 Å². The number of nitrogens with zero attached hydrogens (tertiary/aromatic N) is 1. The molecule has 0 radical (unpaired) electrons. The molecule has 7 heteroatoms. The van der Waals surface area contributed by atoms with Gasteiger partial charge in [-0.3, -0.25) is 4.79 Å². The van der Waals surface area contributed by atoms with Crippen LogP contribution < -0.4 is 0 Å². The van der Waals surface area contributed by atoms with Crippen molar-refractivity contribution < 1.29 is 22.0 Å². The first kappa shape index (κ1) is 18.2. The van der Waals surface area contributed by atoms with Gasteiger partial charge in [0.2, 0.25) is 10.0 Å². The van der Waals surface area contributed by atoms with Gasteiger partial charge in [-0.05, 0) is 43.7 Å². The first-order valence-electron chi connectivity index (χ1n) is 7.18. The highest BCUT2D eigenvalue weighted by atomic mass is 32.2. The Hall–Kier alpha value is -2.12. The van der Waals surface area contributed by atoms with Crippen molar-refractivity contribution in [3.8, 4) is 0 Å². The summed E-state index contributed by atoms with van der Waals surface area (Å²) in [7, 11) is -2.48. The summed E-state index contributed by atoms with van der Waals surface area (Å²) >= 11 is 0. The standard InChI is InChI=1S/C17H17F2NO3S/c1-11(14-6-9-16(18)17(19)10-14)20(3)24(22,23)15-7-4-13(5-8-15)12(2)21/h4-11H,1-3H3. The largest absolute Gasteiger partial charge is 0.295 e. The zero-order valence-corrected chi connectivity index (χ0v) is 14.3. The summed E-state index contributed by atoms with van der Waals surface area (Å²) in [5, 5.41) is 0. The molecule has 0 aliphatic carbocycles. The van der Waals surface area contributed by atoms with E-state index < -0.39 is 27.7 Å². The van der Waals surface area contributed by atoms with E-state index in [2.05, 4.69) is 0 Å². The second-order valence-corrected chi connectivity index (χ2v) is 7.45. The van der Waals surface area contributed by atoms with Gasteiger partial charge in [-0.2, -0.15) is 4.31 Å². The summed E-state index contributed by atoms with van der Waals surface area (Å²) in [4.78, 5) is 11.3. The number of benzene rings is 2. The molecule has 0 heterocycles. The van der Waals surface area contributed by atoms with E-state index in [4.69, 9.17) is 0 Å². The Balaban J connectivity index is 2.33. The molecule has 0 aliphatic heterocycles. The zero-order chi connectivity index (χ0) is 18.1. The zero-order valence-electron chi connectivity index (χ0n) is 13.5. The summed E-state index contributed by atoms with van der Waals surface area (Å²) in [6.45, 7) is 2.97. The van der Waals surface area contributed by atoms with Crippen LogP contribution in [0.5, 0.6) is 0 Å². The Kier molecular flexibility index (Phi) is 5.15. The maximum absolute atomic E-state index is 13.4. The van der Waals surface area contributed by atoms with Crippen LogP contribution >= 0.6 is 0 Å². The fraction of sp³-hybridized carbons (Fsp3) is 0.235. The molecule has 24 heavy (non-hydrogen) atoms. The lowest BCUT2D eigenvalue weighted by Crippen LogP contribution is -2.30. The molecular formula is C17H17F2NO3S. The number of halogens is 2. The van der Waals surface area contributed by atoms with Crippen LogP contribution in [0.1, 0.15) is 35.8 Å². The predicted molar refractivity (Wildman–Crippen MR) is 86.2 cm³/mol. The maximum Gasteiger partial charge on any atom is 0.243 e. The number of rotatable bonds is 5. The molecule has 2 aromatic carbocycles. The van der Waals surface area contributed by atoms with Crippen LogP contribution in [0.4, 0.5) is 8.78 Å². The lowest BCUT2D eigenvalue weighted by molar-refractivity contribution is 0.101. The molecule has 128 valence electrons. The molecule has 0 bridgehead atoms. The summed E-state index contributed by atoms with van der Waals surface area (Å²) in [5.41, 5.74) is 0.741. The molecule has 0 amide bonds. The van der Waals surface area contributed by atoms with E-state index in [1.54, 1.807) is 6.92 Å². The van der Waals surface area contributed by atoms with Crippen molar-refractivity contribution in [2.24, 2.45) is 0 Å². The quantitative estimate of drug-likeness (QED) is 0.773. The average Bonchev–Trinajstić information content (AvgIpc) is 2.56. The van der Waals surface area contributed by atoms with Crippen LogP contribution in [0.3, 0.4) is 0 Å². The van der Waals surface area contributed by atoms with E-state index in [1.165, 1.54) is 44.3 Å². The summed E-state index contributed by atoms with van der Waals surface area (Å²) in [5.74, 6) is -2.19. The van der Waals surface area contributed by atoms with Gasteiger partial charge in [0.05, 0.1) is 4.90 Å². The normalized spacial score (nSPS) is 13.1. The highest BCUT2D eigenvalue weighted by Gasteiger charge is 2.27. The molecule has 0 saturated heterocycles. The van der Waals surface area contributed by atoms with Gasteiger partial charge < -0.3 is 0 Å². The van der Waals surface area contributed by atoms with E-state index in [0.717, 1.165) is 16.4 Å². The Morgan fingerprint density at radius 3 is 2.12 bits per heavy atom. The van der Waals surface area contributed by atoms with Crippen LogP contribution in [-0.2, 0) is 10.0 Å². The highest BCUT2D eigenvalue weighted by Crippen LogP contribution is 2.26. The fourth-order valence-electron chi connectivity index (χ4n) is 2.22. The number of ketones is 1. The first-order valence-corrected chi connectivity index (χ1v) is 8.62. The topological polar surface area (TPSA) is 54.5 Å². The third-order valence-electron chi connectivity index (χ3n) is 3.91. The molecule has 0 spiro atoms. The van der Waals surface area contributed by atoms with Gasteiger partial charge in [0.25, 0.3) is 0 Å². The van der Waals surface area contributed by atoms with Crippen molar-refractivity contribution in [1.82, 2.24) is 4.31 Å². The first-order chi connectivity index (χ1) is 11.1. The lowest BCUT2D eigenvalue weighted by Gasteiger charge is -2.25. The van der Waals surface area contributed by atoms with Crippen molar-refractivity contribution in [1.29, 1.82) is 0 Å². The highest BCUT2D eigenvalue weighted by molar-refractivity contribution is 7.89. The second-order valence-electron chi connectivity index (χ2n) is 5.45. The smallest absolute Gasteiger partial charge is 0.243 e. The number of Topliss-reactive ketones (excluding diaryl/α,β-unsaturated/α-hetero) is 1. The summed E-state index contributed by atoms with van der Waals surface area (Å²) in [6.07, 6.45) is 0. The van der Waals surface area contributed by atoms with Crippen LogP contribution in [0.15, 0.2) is 47.4 Å². The van der Waals surface area contributed by atoms with Crippen LogP contribution in [0.2, 0.25) is 0 Å². The van der Waals surface area contributed by atoms with Crippen LogP contribution in [-0.4, -0.2) is 25.6 Å². The Bertz CT molecular complexity index is 864. The molecule has 4 nitrogen and oxygen atoms in total. The van der Waals surface area contributed by atoms with Crippen molar-refractivity contribution in [3.05, 3.63) is 65.2 Å². The second kappa shape index (κ2) is 6.78. The van der Waals surface area contributed by atoms with Gasteiger partial charge in [0.15, 0.2) is 17.4 Å². The number of sulfonamides is 1. The summed E-state index contributed by atoms with van der Waals surface area (Å²) < 4.78 is 52.8. The Morgan fingerprint density at radius 2 is 1.62 bits per heavy atom. The third-order valence-corrected chi connectivity index (χ3v) is 5.85. The van der Waals surface area contributed by atoms with Gasteiger partial charge in [0.1, 0.15) is 0 Å². The lowest BCUT2D eigenvalue weighted by atomic mass is 10.1. The molecule has 2 aromatic rings. The number of hydrogen-bond acceptors (Lipinski definition) is 3. The predicted octanol–water partition coefficient (Wildman–Crippen LogP) is 3.55. The average molecular weight is 353 g/mol. The van der Waals surface area contributed by atoms with Crippen molar-refractivity contribution >= 4 is 15.8 Å². The monoisotopic (exact) mass is 353 g/mol. The SMILES string of the molecule is CC(=O)c1ccc(S(=O)(=O)N(C)C(C)c2ccc(F)c(F)c2)cc1. The van der Waals surface area contributed by atoms with Crippen molar-refractivity contribution in [3.63, 3.8) is 0 Å². The molecule has 0 fully saturated rings. The van der Waals surface area contributed by atoms with Gasteiger partial charge in [0, 0.05) is 18.7 Å². The van der Waals surface area contributed by atoms with Gasteiger partial charge in [-0.25, -0.2) is 17.2 Å². The van der Waals surface area contributed by atoms with E-state index in [9.17, 15) is 22.0 Å². The number of carbonyl (C=O) groups excluding carboxylic acids is 1. The molecule has 0 aromatic heterocycles. The van der Waals surface area contributed by atoms with Crippen molar-refractivity contribution in [2.75, 3.05) is 7.05 Å². The number of hydrogen-bond donors (Lipinski definition) is 0. The van der Waals surface area contributed by atoms with E-state index in [0.29, 0.717) is 11.1 Å². The molecule has 0 aliphatic rings. The Labute approximate surface area is 139 Å².